The van der Waals surface area contributed by atoms with Crippen molar-refractivity contribution in [2.45, 2.75) is 135 Å². The van der Waals surface area contributed by atoms with E-state index in [0.29, 0.717) is 31.3 Å². The fraction of sp³-hybridized carbons (Fsp3) is 0.649. The fourth-order valence-electron chi connectivity index (χ4n) is 5.72. The average Bonchev–Trinajstić information content (AvgIpc) is 2.89. The Morgan fingerprint density at radius 1 is 1.05 bits per heavy atom. The Balaban J connectivity index is 1.89. The number of esters is 1. The van der Waals surface area contributed by atoms with Gasteiger partial charge in [0, 0.05) is 12.5 Å². The molecule has 0 N–H and O–H groups in total. The lowest BCUT2D eigenvalue weighted by molar-refractivity contribution is -0.146. The average molecular weight is 611 g/mol. The van der Waals surface area contributed by atoms with Gasteiger partial charge in [0.15, 0.2) is 8.32 Å². The maximum atomic E-state index is 13.2. The van der Waals surface area contributed by atoms with Crippen LogP contribution in [0.4, 0.5) is 0 Å². The Morgan fingerprint density at radius 3 is 2.51 bits per heavy atom. The maximum absolute atomic E-state index is 13.2. The van der Waals surface area contributed by atoms with Crippen LogP contribution in [0.25, 0.3) is 0 Å². The van der Waals surface area contributed by atoms with E-state index in [0.717, 1.165) is 32.1 Å². The lowest BCUT2D eigenvalue weighted by Gasteiger charge is -2.40. The molecule has 2 bridgehead atoms. The Hall–Kier alpha value is -1.99. The summed E-state index contributed by atoms with van der Waals surface area (Å²) in [6, 6.07) is 0. The number of ether oxygens (including phenoxy) is 3. The summed E-state index contributed by atoms with van der Waals surface area (Å²) in [4.78, 5) is 13.2. The number of hydrogen-bond acceptors (Lipinski definition) is 5. The van der Waals surface area contributed by atoms with Gasteiger partial charge in [-0.05, 0) is 75.4 Å². The van der Waals surface area contributed by atoms with E-state index >= 15 is 0 Å². The zero-order valence-electron chi connectivity index (χ0n) is 28.1. The van der Waals surface area contributed by atoms with E-state index < -0.39 is 14.4 Å². The van der Waals surface area contributed by atoms with Crippen LogP contribution in [0, 0.1) is 11.8 Å². The molecule has 0 aromatic carbocycles. The predicted octanol–water partition coefficient (Wildman–Crippen LogP) is 9.20. The molecule has 1 unspecified atom stereocenters. The number of carbonyl (C=O) groups excluding carboxylic acids is 1. The molecule has 0 saturated heterocycles. The minimum Gasteiger partial charge on any atom is -0.456 e. The third kappa shape index (κ3) is 12.1. The molecular formula is C37H58O5Si. The number of hydrogen-bond donors (Lipinski definition) is 0. The quantitative estimate of drug-likeness (QED) is 0.176. The molecule has 3 aliphatic heterocycles. The van der Waals surface area contributed by atoms with Gasteiger partial charge in [0.2, 0.25) is 0 Å². The summed E-state index contributed by atoms with van der Waals surface area (Å²) < 4.78 is 25.5. The summed E-state index contributed by atoms with van der Waals surface area (Å²) in [6.45, 7) is 22.9. The molecule has 6 heteroatoms. The van der Waals surface area contributed by atoms with Crippen molar-refractivity contribution in [1.29, 1.82) is 0 Å². The lowest BCUT2D eigenvalue weighted by Crippen LogP contribution is -2.47. The molecule has 0 aromatic rings. The Morgan fingerprint density at radius 2 is 1.79 bits per heavy atom. The normalized spacial score (nSPS) is 32.8. The van der Waals surface area contributed by atoms with Gasteiger partial charge in [-0.15, -0.1) is 0 Å². The molecular weight excluding hydrogens is 552 g/mol. The molecule has 43 heavy (non-hydrogen) atoms. The van der Waals surface area contributed by atoms with E-state index in [2.05, 4.69) is 104 Å². The van der Waals surface area contributed by atoms with E-state index in [9.17, 15) is 4.79 Å². The van der Waals surface area contributed by atoms with Gasteiger partial charge in [-0.3, -0.25) is 0 Å². The number of carbonyl (C=O) groups is 1. The summed E-state index contributed by atoms with van der Waals surface area (Å²) >= 11 is 0. The highest BCUT2D eigenvalue weighted by atomic mass is 28.4. The zero-order chi connectivity index (χ0) is 31.6. The molecule has 5 nitrogen and oxygen atoms in total. The molecule has 0 amide bonds. The highest BCUT2D eigenvalue weighted by molar-refractivity contribution is 6.74. The molecule has 7 atom stereocenters. The van der Waals surface area contributed by atoms with Gasteiger partial charge in [-0.1, -0.05) is 101 Å². The lowest BCUT2D eigenvalue weighted by atomic mass is 9.90. The first-order valence-electron chi connectivity index (χ1n) is 16.4. The summed E-state index contributed by atoms with van der Waals surface area (Å²) in [6.07, 6.45) is 23.8. The predicted molar refractivity (Wildman–Crippen MR) is 180 cm³/mol. The molecule has 0 aliphatic carbocycles. The van der Waals surface area contributed by atoms with Gasteiger partial charge in [-0.2, -0.15) is 0 Å². The standard InChI is InChI=1S/C37H58O5Si/c1-27-13-10-17-34(35(42-43(8,9)37(5,6)7)20-19-32-25-28(2)21-22-39-32)41-36(38)18-12-15-31-14-11-16-33(40-31)26-30(4)24-29(3)23-27/h10-14,18-21,27,30-35H,3,15-17,22-26H2,1-2,4-9H3/b13-10+,18-12-,20-19+/t27-,30+,31+,32-,33+,34+,35?/m1/s1. The topological polar surface area (TPSA) is 54.0 Å². The van der Waals surface area contributed by atoms with Crippen molar-refractivity contribution in [3.05, 3.63) is 72.4 Å². The third-order valence-corrected chi connectivity index (χ3v) is 13.6. The number of cyclic esters (lactones) is 1. The smallest absolute Gasteiger partial charge is 0.330 e. The summed E-state index contributed by atoms with van der Waals surface area (Å²) in [5.74, 6) is 0.506. The van der Waals surface area contributed by atoms with E-state index in [4.69, 9.17) is 18.6 Å². The number of allylic oxidation sites excluding steroid dienone is 2. The highest BCUT2D eigenvalue weighted by Crippen LogP contribution is 2.38. The molecule has 3 heterocycles. The van der Waals surface area contributed by atoms with Crippen molar-refractivity contribution in [2.24, 2.45) is 11.8 Å². The second kappa shape index (κ2) is 16.4. The van der Waals surface area contributed by atoms with Crippen molar-refractivity contribution in [2.75, 3.05) is 6.61 Å². The molecule has 0 spiro atoms. The number of rotatable bonds is 5. The van der Waals surface area contributed by atoms with Gasteiger partial charge >= 0.3 is 5.97 Å². The van der Waals surface area contributed by atoms with Crippen LogP contribution in [-0.2, 0) is 23.4 Å². The van der Waals surface area contributed by atoms with Gasteiger partial charge < -0.3 is 18.6 Å². The first-order valence-corrected chi connectivity index (χ1v) is 19.3. The van der Waals surface area contributed by atoms with E-state index in [1.54, 1.807) is 6.08 Å². The molecule has 0 fully saturated rings. The van der Waals surface area contributed by atoms with Crippen LogP contribution in [0.2, 0.25) is 18.1 Å². The molecule has 0 aromatic heterocycles. The van der Waals surface area contributed by atoms with E-state index in [-0.39, 0.29) is 35.4 Å². The monoisotopic (exact) mass is 610 g/mol. The van der Waals surface area contributed by atoms with Crippen molar-refractivity contribution in [3.8, 4) is 0 Å². The maximum Gasteiger partial charge on any atom is 0.330 e. The Labute approximate surface area is 263 Å². The molecule has 0 radical (unpaired) electrons. The Bertz CT molecular complexity index is 1080. The molecule has 3 aliphatic rings. The minimum absolute atomic E-state index is 0.00637. The van der Waals surface area contributed by atoms with Crippen LogP contribution in [0.5, 0.6) is 0 Å². The van der Waals surface area contributed by atoms with Gasteiger partial charge in [0.05, 0.1) is 24.9 Å². The van der Waals surface area contributed by atoms with Crippen LogP contribution < -0.4 is 0 Å². The fourth-order valence-corrected chi connectivity index (χ4v) is 6.98. The van der Waals surface area contributed by atoms with Gasteiger partial charge in [0.25, 0.3) is 0 Å². The molecule has 0 saturated carbocycles. The van der Waals surface area contributed by atoms with Crippen LogP contribution in [0.1, 0.15) is 86.5 Å². The molecule has 3 rings (SSSR count). The van der Waals surface area contributed by atoms with Gasteiger partial charge in [-0.25, -0.2) is 4.79 Å². The van der Waals surface area contributed by atoms with Crippen LogP contribution in [0.15, 0.2) is 72.4 Å². The van der Waals surface area contributed by atoms with E-state index in [1.165, 1.54) is 11.1 Å². The Kier molecular flexibility index (Phi) is 13.5. The van der Waals surface area contributed by atoms with Gasteiger partial charge in [0.1, 0.15) is 12.2 Å². The SMILES string of the molecule is C=C1C[C@H](C)C[C@@H]2CC=C[C@@H](C/C=C\C(=O)O[C@H](C(/C=C/[C@@H]3CC(C)=CCO3)O[Si](C)(C)C(C)(C)C)C/C=C/[C@@H](C)C1)O2. The van der Waals surface area contributed by atoms with Crippen molar-refractivity contribution in [3.63, 3.8) is 0 Å². The number of fused-ring (bicyclic) bond motifs is 2. The summed E-state index contributed by atoms with van der Waals surface area (Å²) in [5.41, 5.74) is 2.60. The van der Waals surface area contributed by atoms with Crippen molar-refractivity contribution < 1.29 is 23.4 Å². The van der Waals surface area contributed by atoms with Crippen LogP contribution in [-0.4, -0.2) is 51.4 Å². The van der Waals surface area contributed by atoms with E-state index in [1.807, 2.05) is 6.08 Å². The van der Waals surface area contributed by atoms with Crippen LogP contribution >= 0.6 is 0 Å². The minimum atomic E-state index is -2.20. The van der Waals surface area contributed by atoms with Crippen molar-refractivity contribution >= 4 is 14.3 Å². The largest absolute Gasteiger partial charge is 0.456 e. The zero-order valence-corrected chi connectivity index (χ0v) is 29.1. The van der Waals surface area contributed by atoms with Crippen LogP contribution in [0.3, 0.4) is 0 Å². The first-order chi connectivity index (χ1) is 20.2. The third-order valence-electron chi connectivity index (χ3n) is 9.14. The molecule has 240 valence electrons. The highest BCUT2D eigenvalue weighted by Gasteiger charge is 2.41. The van der Waals surface area contributed by atoms with Crippen molar-refractivity contribution in [1.82, 2.24) is 0 Å². The summed E-state index contributed by atoms with van der Waals surface area (Å²) in [5, 5.41) is 0.00637. The first kappa shape index (κ1) is 35.5. The second-order valence-electron chi connectivity index (χ2n) is 14.6. The summed E-state index contributed by atoms with van der Waals surface area (Å²) in [7, 11) is -2.20. The second-order valence-corrected chi connectivity index (χ2v) is 19.3.